The standard InChI is InChI=1S/C13H29NO2S/c1-3-5-7-8-9-11-13-14(17(15)16)12-10-6-4-2/h3-13H2,1-2H3,(H,15,16)/p-1. The van der Waals surface area contributed by atoms with Crippen molar-refractivity contribution in [1.82, 2.24) is 4.31 Å². The molecule has 17 heavy (non-hydrogen) atoms. The van der Waals surface area contributed by atoms with Crippen LogP contribution in [0.25, 0.3) is 0 Å². The third-order valence-corrected chi connectivity index (χ3v) is 3.77. The summed E-state index contributed by atoms with van der Waals surface area (Å²) < 4.78 is 23.6. The van der Waals surface area contributed by atoms with Crippen molar-refractivity contribution in [3.63, 3.8) is 0 Å². The molecule has 104 valence electrons. The van der Waals surface area contributed by atoms with Crippen LogP contribution in [0.3, 0.4) is 0 Å². The highest BCUT2D eigenvalue weighted by atomic mass is 32.2. The van der Waals surface area contributed by atoms with E-state index in [4.69, 9.17) is 0 Å². The third kappa shape index (κ3) is 10.9. The number of nitrogens with zero attached hydrogens (tertiary/aromatic N) is 1. The topological polar surface area (TPSA) is 43.4 Å². The van der Waals surface area contributed by atoms with Crippen molar-refractivity contribution in [3.05, 3.63) is 0 Å². The first-order valence-corrected chi connectivity index (χ1v) is 8.09. The van der Waals surface area contributed by atoms with Crippen molar-refractivity contribution in [3.8, 4) is 0 Å². The van der Waals surface area contributed by atoms with Gasteiger partial charge in [-0.05, 0) is 12.8 Å². The highest BCUT2D eigenvalue weighted by Crippen LogP contribution is 2.07. The van der Waals surface area contributed by atoms with Crippen molar-refractivity contribution in [2.45, 2.75) is 71.6 Å². The molecule has 0 fully saturated rings. The Balaban J connectivity index is 3.52. The van der Waals surface area contributed by atoms with Crippen molar-refractivity contribution in [2.75, 3.05) is 13.1 Å². The minimum Gasteiger partial charge on any atom is -0.760 e. The highest BCUT2D eigenvalue weighted by Gasteiger charge is 2.04. The highest BCUT2D eigenvalue weighted by molar-refractivity contribution is 7.76. The molecule has 0 aromatic heterocycles. The van der Waals surface area contributed by atoms with Crippen molar-refractivity contribution >= 4 is 11.3 Å². The number of rotatable bonds is 12. The van der Waals surface area contributed by atoms with Crippen molar-refractivity contribution in [2.24, 2.45) is 0 Å². The van der Waals surface area contributed by atoms with E-state index in [9.17, 15) is 8.76 Å². The van der Waals surface area contributed by atoms with E-state index in [1.54, 1.807) is 4.31 Å². The second kappa shape index (κ2) is 12.5. The van der Waals surface area contributed by atoms with Gasteiger partial charge >= 0.3 is 0 Å². The summed E-state index contributed by atoms with van der Waals surface area (Å²) in [5, 5.41) is 0. The fraction of sp³-hybridized carbons (Fsp3) is 1.00. The average Bonchev–Trinajstić information content (AvgIpc) is 2.31. The van der Waals surface area contributed by atoms with Crippen LogP contribution in [-0.2, 0) is 11.3 Å². The molecule has 0 aromatic rings. The van der Waals surface area contributed by atoms with Gasteiger partial charge in [0.15, 0.2) is 0 Å². The van der Waals surface area contributed by atoms with E-state index in [1.165, 1.54) is 25.7 Å². The van der Waals surface area contributed by atoms with Crippen LogP contribution in [0, 0.1) is 0 Å². The molecule has 0 bridgehead atoms. The van der Waals surface area contributed by atoms with Gasteiger partial charge in [-0.2, -0.15) is 0 Å². The molecule has 4 heteroatoms. The predicted molar refractivity (Wildman–Crippen MR) is 73.4 cm³/mol. The molecule has 0 amide bonds. The van der Waals surface area contributed by atoms with Crippen LogP contribution in [0.4, 0.5) is 0 Å². The summed E-state index contributed by atoms with van der Waals surface area (Å²) in [5.41, 5.74) is 0. The SMILES string of the molecule is CCCCCCCCN(CCCCC)S(=O)[O-]. The molecule has 0 heterocycles. The normalized spacial score (nSPS) is 13.2. The Kier molecular flexibility index (Phi) is 12.6. The van der Waals surface area contributed by atoms with Crippen LogP contribution in [0.5, 0.6) is 0 Å². The lowest BCUT2D eigenvalue weighted by molar-refractivity contribution is 0.368. The molecule has 0 aliphatic rings. The Bertz CT molecular complexity index is 188. The number of hydrogen-bond acceptors (Lipinski definition) is 2. The lowest BCUT2D eigenvalue weighted by Crippen LogP contribution is -2.28. The zero-order valence-corrected chi connectivity index (χ0v) is 12.3. The van der Waals surface area contributed by atoms with E-state index in [2.05, 4.69) is 13.8 Å². The van der Waals surface area contributed by atoms with Gasteiger partial charge in [-0.25, -0.2) is 4.31 Å². The monoisotopic (exact) mass is 262 g/mol. The zero-order chi connectivity index (χ0) is 12.9. The Hall–Kier alpha value is 0.0700. The van der Waals surface area contributed by atoms with Crippen LogP contribution < -0.4 is 0 Å². The van der Waals surface area contributed by atoms with Crippen molar-refractivity contribution in [1.29, 1.82) is 0 Å². The Labute approximate surface area is 109 Å². The van der Waals surface area contributed by atoms with Gasteiger partial charge in [0.2, 0.25) is 0 Å². The van der Waals surface area contributed by atoms with E-state index in [-0.39, 0.29) is 0 Å². The van der Waals surface area contributed by atoms with Gasteiger partial charge in [-0.15, -0.1) is 0 Å². The molecule has 0 aromatic carbocycles. The van der Waals surface area contributed by atoms with Crippen LogP contribution >= 0.6 is 0 Å². The minimum atomic E-state index is -2.03. The molecular weight excluding hydrogens is 234 g/mol. The second-order valence-corrected chi connectivity index (χ2v) is 5.57. The Morgan fingerprint density at radius 1 is 0.824 bits per heavy atom. The summed E-state index contributed by atoms with van der Waals surface area (Å²) in [6.45, 7) is 5.73. The van der Waals surface area contributed by atoms with E-state index in [0.29, 0.717) is 13.1 Å². The maximum atomic E-state index is 11.0. The Morgan fingerprint density at radius 3 is 1.76 bits per heavy atom. The molecule has 0 rings (SSSR count). The maximum absolute atomic E-state index is 11.0. The van der Waals surface area contributed by atoms with Gasteiger partial charge in [0.05, 0.1) is 0 Å². The number of unbranched alkanes of at least 4 members (excludes halogenated alkanes) is 7. The van der Waals surface area contributed by atoms with Crippen LogP contribution in [-0.4, -0.2) is 26.2 Å². The first-order chi connectivity index (χ1) is 8.22. The van der Waals surface area contributed by atoms with Gasteiger partial charge in [0.25, 0.3) is 0 Å². The van der Waals surface area contributed by atoms with Crippen LogP contribution in [0.2, 0.25) is 0 Å². The molecule has 0 saturated heterocycles. The fourth-order valence-corrected chi connectivity index (χ4v) is 2.42. The average molecular weight is 262 g/mol. The van der Waals surface area contributed by atoms with Crippen molar-refractivity contribution < 1.29 is 8.76 Å². The molecule has 3 nitrogen and oxygen atoms in total. The molecule has 0 aliphatic carbocycles. The summed E-state index contributed by atoms with van der Waals surface area (Å²) in [6.07, 6.45) is 10.5. The maximum Gasteiger partial charge on any atom is 0.0209 e. The molecule has 0 spiro atoms. The van der Waals surface area contributed by atoms with Gasteiger partial charge < -0.3 is 4.55 Å². The largest absolute Gasteiger partial charge is 0.760 e. The van der Waals surface area contributed by atoms with E-state index in [0.717, 1.165) is 32.1 Å². The van der Waals surface area contributed by atoms with E-state index < -0.39 is 11.3 Å². The first kappa shape index (κ1) is 17.1. The summed E-state index contributed by atoms with van der Waals surface area (Å²) in [4.78, 5) is 0. The smallest absolute Gasteiger partial charge is 0.0209 e. The molecule has 0 saturated carbocycles. The molecule has 0 radical (unpaired) electrons. The summed E-state index contributed by atoms with van der Waals surface area (Å²) in [5.74, 6) is 0. The molecular formula is C13H28NO2S-. The van der Waals surface area contributed by atoms with E-state index in [1.807, 2.05) is 0 Å². The van der Waals surface area contributed by atoms with Crippen LogP contribution in [0.1, 0.15) is 71.6 Å². The quantitative estimate of drug-likeness (QED) is 0.398. The first-order valence-electron chi connectivity index (χ1n) is 7.06. The van der Waals surface area contributed by atoms with Gasteiger partial charge in [-0.1, -0.05) is 58.8 Å². The summed E-state index contributed by atoms with van der Waals surface area (Å²) in [6, 6.07) is 0. The molecule has 0 N–H and O–H groups in total. The van der Waals surface area contributed by atoms with Gasteiger partial charge in [0.1, 0.15) is 0 Å². The summed E-state index contributed by atoms with van der Waals surface area (Å²) >= 11 is -2.03. The number of hydrogen-bond donors (Lipinski definition) is 0. The Morgan fingerprint density at radius 2 is 1.24 bits per heavy atom. The lowest BCUT2D eigenvalue weighted by Gasteiger charge is -2.23. The van der Waals surface area contributed by atoms with Gasteiger partial charge in [0, 0.05) is 24.4 Å². The lowest BCUT2D eigenvalue weighted by atomic mass is 10.1. The second-order valence-electron chi connectivity index (χ2n) is 4.62. The van der Waals surface area contributed by atoms with E-state index >= 15 is 0 Å². The molecule has 0 aliphatic heterocycles. The predicted octanol–water partition coefficient (Wildman–Crippen LogP) is 3.63. The third-order valence-electron chi connectivity index (χ3n) is 2.98. The molecule has 1 unspecified atom stereocenters. The minimum absolute atomic E-state index is 0.693. The fourth-order valence-electron chi connectivity index (χ4n) is 1.87. The molecule has 1 atom stereocenters. The summed E-state index contributed by atoms with van der Waals surface area (Å²) in [7, 11) is 0. The van der Waals surface area contributed by atoms with Crippen LogP contribution in [0.15, 0.2) is 0 Å². The zero-order valence-electron chi connectivity index (χ0n) is 11.5. The van der Waals surface area contributed by atoms with Gasteiger partial charge in [-0.3, -0.25) is 4.21 Å².